The summed E-state index contributed by atoms with van der Waals surface area (Å²) in [7, 11) is 0. The highest BCUT2D eigenvalue weighted by atomic mass is 19.1. The highest BCUT2D eigenvalue weighted by Gasteiger charge is 2.25. The molecule has 0 atom stereocenters. The fraction of sp³-hybridized carbons (Fsp3) is 0.279. The maximum absolute atomic E-state index is 15.1. The van der Waals surface area contributed by atoms with Gasteiger partial charge < -0.3 is 67.2 Å². The average molecular weight is 1460 g/mol. The number of aromatic amines is 3. The minimum absolute atomic E-state index is 0.0514. The number of nitrogens with zero attached hydrogens (tertiary/aromatic N) is 11. The third kappa shape index (κ3) is 16.4. The number of fused-ring (bicyclic) bond motifs is 3. The number of H-pyrrole nitrogens is 3. The van der Waals surface area contributed by atoms with Gasteiger partial charge >= 0.3 is 0 Å². The molecule has 23 heteroatoms. The minimum Gasteiger partial charge on any atom is -0.489 e. The lowest BCUT2D eigenvalue weighted by Crippen LogP contribution is -2.36. The Bertz CT molecular complexity index is 5460. The molecule has 8 aromatic heterocycles. The third-order valence-electron chi connectivity index (χ3n) is 20.3. The van der Waals surface area contributed by atoms with E-state index < -0.39 is 0 Å². The van der Waals surface area contributed by atoms with Gasteiger partial charge in [0.2, 0.25) is 0 Å². The number of pyridine rings is 4. The first-order valence-corrected chi connectivity index (χ1v) is 37.0. The molecule has 18 rings (SSSR count). The van der Waals surface area contributed by atoms with E-state index >= 15 is 4.39 Å². The number of aromatic nitrogens is 9. The van der Waals surface area contributed by atoms with Crippen LogP contribution >= 0.6 is 0 Å². The zero-order chi connectivity index (χ0) is 73.8. The van der Waals surface area contributed by atoms with Gasteiger partial charge in [0.15, 0.2) is 0 Å². The molecule has 0 unspecified atom stereocenters. The molecule has 13 heterocycles. The molecule has 5 fully saturated rings. The Labute approximate surface area is 629 Å². The van der Waals surface area contributed by atoms with Gasteiger partial charge in [-0.1, -0.05) is 30.3 Å². The first-order chi connectivity index (χ1) is 53.7. The summed E-state index contributed by atoms with van der Waals surface area (Å²) in [6.07, 6.45) is 18.0. The Hall–Kier alpha value is -12.3. The van der Waals surface area contributed by atoms with E-state index in [1.165, 1.54) is 5.56 Å². The summed E-state index contributed by atoms with van der Waals surface area (Å²) in [5.74, 6) is 2.52. The van der Waals surface area contributed by atoms with Gasteiger partial charge in [0.25, 0.3) is 0 Å². The Morgan fingerprint density at radius 3 is 1.23 bits per heavy atom. The van der Waals surface area contributed by atoms with Crippen molar-refractivity contribution in [3.05, 3.63) is 217 Å². The molecule has 5 aliphatic heterocycles. The number of anilines is 2. The first kappa shape index (κ1) is 71.0. The second-order valence-corrected chi connectivity index (χ2v) is 27.4. The smallest absolute Gasteiger partial charge is 0.147 e. The number of halogens is 1. The molecule has 109 heavy (non-hydrogen) atoms. The number of ether oxygens (including phenoxy) is 8. The van der Waals surface area contributed by atoms with E-state index in [2.05, 4.69) is 112 Å². The molecule has 13 aromatic rings. The summed E-state index contributed by atoms with van der Waals surface area (Å²) < 4.78 is 62.5. The van der Waals surface area contributed by atoms with Crippen molar-refractivity contribution in [2.75, 3.05) is 102 Å². The van der Waals surface area contributed by atoms with Crippen LogP contribution in [0.25, 0.3) is 100 Å². The standard InChI is InChI=1S/C29H27FN4O3.C29H25N5O2.C28H27N5O3/c30-24-16-19(1-3-27(24)34-9-13-36-14-10-34)26-17-23-25(33-26)5-8-32-29(23)20-2-4-28(21(15-20)18-31)37-22-6-11-35-12-7-22;30-17-23-15-22(5-6-28(23)36-24-8-13-35-14-9-24)29-25-16-27(33-26(25)7-10-32-29)21-3-1-20(2-4-21)18-34-12-11-31-19-34;29-17-21-15-19(1-3-26(21)36-22-6-11-34-12-7-22)28-23-16-25(32-24(23)5-8-30-28)20-2-4-27(31-18-20)33-9-13-35-14-10-33/h1-5,8,15-17,22,33H,6-7,9-14H2;1-7,10-12,15-16,19,24,33H,8-9,13-14,18H2;1-5,8,15-16,18,22,32H,6-7,9-14H2. The minimum atomic E-state index is -0.254. The second-order valence-electron chi connectivity index (χ2n) is 27.4. The van der Waals surface area contributed by atoms with E-state index in [4.69, 9.17) is 37.9 Å². The Morgan fingerprint density at radius 1 is 0.413 bits per heavy atom. The van der Waals surface area contributed by atoms with Gasteiger partial charge in [0.1, 0.15) is 65.4 Å². The predicted octanol–water partition coefficient (Wildman–Crippen LogP) is 15.4. The number of nitriles is 3. The topological polar surface area (TPSA) is 268 Å². The number of hydrogen-bond donors (Lipinski definition) is 3. The van der Waals surface area contributed by atoms with Crippen LogP contribution in [-0.4, -0.2) is 155 Å². The van der Waals surface area contributed by atoms with Crippen molar-refractivity contribution in [2.45, 2.75) is 63.4 Å². The molecule has 3 N–H and O–H groups in total. The van der Waals surface area contributed by atoms with E-state index in [0.717, 1.165) is 177 Å². The molecule has 0 bridgehead atoms. The quantitative estimate of drug-likeness (QED) is 0.0811. The molecule has 5 aliphatic rings. The Kier molecular flexibility index (Phi) is 21.7. The molecule has 5 saturated heterocycles. The molecular formula is C86H79FN14O8. The zero-order valence-corrected chi connectivity index (χ0v) is 60.0. The van der Waals surface area contributed by atoms with Crippen LogP contribution in [0.4, 0.5) is 15.9 Å². The van der Waals surface area contributed by atoms with Crippen LogP contribution < -0.4 is 24.0 Å². The van der Waals surface area contributed by atoms with Crippen LogP contribution in [0.15, 0.2) is 189 Å². The first-order valence-electron chi connectivity index (χ1n) is 37.0. The molecule has 5 aromatic carbocycles. The number of morpholine rings is 2. The maximum Gasteiger partial charge on any atom is 0.147 e. The van der Waals surface area contributed by atoms with Crippen LogP contribution in [-0.2, 0) is 30.2 Å². The number of benzene rings is 5. The van der Waals surface area contributed by atoms with Gasteiger partial charge in [-0.25, -0.2) is 14.4 Å². The van der Waals surface area contributed by atoms with Crippen molar-refractivity contribution in [1.29, 1.82) is 15.8 Å². The molecule has 0 spiro atoms. The van der Waals surface area contributed by atoms with E-state index in [1.807, 2.05) is 119 Å². The van der Waals surface area contributed by atoms with Gasteiger partial charge in [0.05, 0.1) is 112 Å². The summed E-state index contributed by atoms with van der Waals surface area (Å²) >= 11 is 0. The lowest BCUT2D eigenvalue weighted by molar-refractivity contribution is 0.0252. The van der Waals surface area contributed by atoms with Gasteiger partial charge in [-0.3, -0.25) is 15.0 Å². The van der Waals surface area contributed by atoms with E-state index in [9.17, 15) is 15.8 Å². The van der Waals surface area contributed by atoms with Crippen molar-refractivity contribution < 1.29 is 42.3 Å². The van der Waals surface area contributed by atoms with Gasteiger partial charge in [-0.2, -0.15) is 15.8 Å². The van der Waals surface area contributed by atoms with Crippen LogP contribution in [0.2, 0.25) is 0 Å². The maximum atomic E-state index is 15.1. The fourth-order valence-electron chi connectivity index (χ4n) is 14.5. The molecule has 548 valence electrons. The SMILES string of the molecule is N#Cc1cc(-c2nccc3[nH]c(-c4ccc(Cn5ccnc5)cc4)cc23)ccc1OC1CCOCC1.N#Cc1cc(-c2nccc3[nH]c(-c4ccc(N5CCOCC5)c(F)c4)cc23)ccc1OC1CCOCC1.N#Cc1cc(-c2nccc3[nH]c(-c4ccc(N5CCOCC5)nc4)cc23)ccc1OC1CCOCC1. The third-order valence-corrected chi connectivity index (χ3v) is 20.3. The van der Waals surface area contributed by atoms with Gasteiger partial charge in [-0.15, -0.1) is 0 Å². The molecule has 0 radical (unpaired) electrons. The summed E-state index contributed by atoms with van der Waals surface area (Å²) in [5.41, 5.74) is 16.8. The fourth-order valence-corrected chi connectivity index (χ4v) is 14.5. The highest BCUT2D eigenvalue weighted by Crippen LogP contribution is 2.39. The van der Waals surface area contributed by atoms with Crippen LogP contribution in [0, 0.1) is 39.8 Å². The largest absolute Gasteiger partial charge is 0.489 e. The van der Waals surface area contributed by atoms with Gasteiger partial charge in [-0.05, 0) is 126 Å². The summed E-state index contributed by atoms with van der Waals surface area (Å²) in [6, 6.07) is 54.0. The second kappa shape index (κ2) is 33.3. The predicted molar refractivity (Wildman–Crippen MR) is 414 cm³/mol. The van der Waals surface area contributed by atoms with Crippen molar-refractivity contribution in [3.63, 3.8) is 0 Å². The van der Waals surface area contributed by atoms with Crippen molar-refractivity contribution >= 4 is 44.2 Å². The normalized spacial score (nSPS) is 15.8. The molecule has 22 nitrogen and oxygen atoms in total. The van der Waals surface area contributed by atoms with Crippen molar-refractivity contribution in [1.82, 2.24) is 44.4 Å². The summed E-state index contributed by atoms with van der Waals surface area (Å²) in [5, 5.41) is 32.3. The average Bonchev–Trinajstić information content (AvgIpc) is 1.68. The lowest BCUT2D eigenvalue weighted by atomic mass is 10.0. The van der Waals surface area contributed by atoms with Crippen LogP contribution in [0.1, 0.15) is 60.8 Å². The number of nitrogens with one attached hydrogen (secondary N) is 3. The highest BCUT2D eigenvalue weighted by molar-refractivity contribution is 5.99. The molecule has 0 aliphatic carbocycles. The number of hydrogen-bond acceptors (Lipinski definition) is 18. The van der Waals surface area contributed by atoms with Crippen LogP contribution in [0.5, 0.6) is 17.2 Å². The Morgan fingerprint density at radius 2 is 0.817 bits per heavy atom. The summed E-state index contributed by atoms with van der Waals surface area (Å²) in [4.78, 5) is 37.4. The monoisotopic (exact) mass is 1450 g/mol. The van der Waals surface area contributed by atoms with E-state index in [0.29, 0.717) is 106 Å². The van der Waals surface area contributed by atoms with Crippen molar-refractivity contribution in [3.8, 4) is 103 Å². The molecular weight excluding hydrogens is 1380 g/mol. The van der Waals surface area contributed by atoms with E-state index in [-0.39, 0.29) is 24.1 Å². The van der Waals surface area contributed by atoms with E-state index in [1.54, 1.807) is 30.9 Å². The van der Waals surface area contributed by atoms with Crippen molar-refractivity contribution in [2.24, 2.45) is 0 Å². The van der Waals surface area contributed by atoms with Gasteiger partial charge in [0, 0.05) is 186 Å². The zero-order valence-electron chi connectivity index (χ0n) is 60.0. The summed E-state index contributed by atoms with van der Waals surface area (Å²) in [6.45, 7) is 10.7. The lowest BCUT2D eigenvalue weighted by Gasteiger charge is -2.29. The molecule has 0 saturated carbocycles. The Balaban J connectivity index is 0.000000124. The molecule has 0 amide bonds. The van der Waals surface area contributed by atoms with Crippen LogP contribution in [0.3, 0.4) is 0 Å². The number of imidazole rings is 1. The number of rotatable bonds is 16.